The fourth-order valence-corrected chi connectivity index (χ4v) is 4.31. The SMILES string of the molecule is COc1cc([C@@H]2Oc3ccccc3[C@@H]3CC(c4ccc(F)cc4)=NN32)cc(OC)c1OC. The van der Waals surface area contributed by atoms with Crippen molar-refractivity contribution in [3.05, 3.63) is 83.2 Å². The highest BCUT2D eigenvalue weighted by Crippen LogP contribution is 2.49. The summed E-state index contributed by atoms with van der Waals surface area (Å²) in [5.41, 5.74) is 3.66. The molecule has 0 aliphatic carbocycles. The molecule has 3 aromatic rings. The normalized spacial score (nSPS) is 18.9. The molecule has 3 aromatic carbocycles. The lowest BCUT2D eigenvalue weighted by Gasteiger charge is -2.38. The zero-order valence-corrected chi connectivity index (χ0v) is 18.0. The van der Waals surface area contributed by atoms with Crippen molar-refractivity contribution in [3.63, 3.8) is 0 Å². The number of benzene rings is 3. The second-order valence-corrected chi connectivity index (χ2v) is 7.62. The van der Waals surface area contributed by atoms with Crippen LogP contribution in [0.5, 0.6) is 23.0 Å². The molecule has 2 aliphatic rings. The van der Waals surface area contributed by atoms with E-state index < -0.39 is 6.23 Å². The van der Waals surface area contributed by atoms with Gasteiger partial charge in [-0.25, -0.2) is 9.40 Å². The summed E-state index contributed by atoms with van der Waals surface area (Å²) >= 11 is 0. The van der Waals surface area contributed by atoms with E-state index in [9.17, 15) is 4.39 Å². The van der Waals surface area contributed by atoms with Crippen molar-refractivity contribution < 1.29 is 23.3 Å². The number of nitrogens with zero attached hydrogens (tertiary/aromatic N) is 2. The zero-order valence-electron chi connectivity index (χ0n) is 18.0. The number of rotatable bonds is 5. The summed E-state index contributed by atoms with van der Waals surface area (Å²) in [6, 6.07) is 18.1. The molecular formula is C25H23FN2O4. The van der Waals surface area contributed by atoms with Gasteiger partial charge in [0.05, 0.1) is 33.1 Å². The van der Waals surface area contributed by atoms with E-state index in [1.54, 1.807) is 33.5 Å². The van der Waals surface area contributed by atoms with Gasteiger partial charge in [-0.2, -0.15) is 5.10 Å². The molecule has 0 radical (unpaired) electrons. The Balaban J connectivity index is 1.61. The number of ether oxygens (including phenoxy) is 4. The molecule has 0 spiro atoms. The highest BCUT2D eigenvalue weighted by atomic mass is 19.1. The van der Waals surface area contributed by atoms with Crippen LogP contribution in [0.4, 0.5) is 4.39 Å². The van der Waals surface area contributed by atoms with E-state index in [-0.39, 0.29) is 11.9 Å². The summed E-state index contributed by atoms with van der Waals surface area (Å²) in [6.07, 6.45) is 0.189. The van der Waals surface area contributed by atoms with Gasteiger partial charge in [0.1, 0.15) is 11.6 Å². The molecule has 164 valence electrons. The van der Waals surface area contributed by atoms with Gasteiger partial charge in [0, 0.05) is 17.5 Å². The first-order valence-electron chi connectivity index (χ1n) is 10.3. The van der Waals surface area contributed by atoms with Crippen molar-refractivity contribution in [2.24, 2.45) is 5.10 Å². The molecule has 7 heteroatoms. The minimum absolute atomic E-state index is 0.0101. The Morgan fingerprint density at radius 3 is 2.28 bits per heavy atom. The van der Waals surface area contributed by atoms with Crippen LogP contribution in [-0.2, 0) is 0 Å². The summed E-state index contributed by atoms with van der Waals surface area (Å²) in [4.78, 5) is 0. The molecule has 0 saturated heterocycles. The van der Waals surface area contributed by atoms with Crippen molar-refractivity contribution in [2.75, 3.05) is 21.3 Å². The van der Waals surface area contributed by atoms with Crippen LogP contribution in [-0.4, -0.2) is 32.0 Å². The van der Waals surface area contributed by atoms with Gasteiger partial charge in [-0.05, 0) is 35.9 Å². The monoisotopic (exact) mass is 434 g/mol. The molecule has 0 fully saturated rings. The van der Waals surface area contributed by atoms with E-state index in [1.165, 1.54) is 12.1 Å². The van der Waals surface area contributed by atoms with E-state index in [1.807, 2.05) is 35.3 Å². The van der Waals surface area contributed by atoms with Crippen LogP contribution in [0.2, 0.25) is 0 Å². The molecule has 2 aliphatic heterocycles. The lowest BCUT2D eigenvalue weighted by molar-refractivity contribution is -0.0192. The van der Waals surface area contributed by atoms with Crippen molar-refractivity contribution in [3.8, 4) is 23.0 Å². The molecule has 0 bridgehead atoms. The molecular weight excluding hydrogens is 411 g/mol. The highest BCUT2D eigenvalue weighted by Gasteiger charge is 2.41. The van der Waals surface area contributed by atoms with Crippen LogP contribution in [0.1, 0.15) is 35.4 Å². The zero-order chi connectivity index (χ0) is 22.2. The summed E-state index contributed by atoms with van der Waals surface area (Å²) in [5.74, 6) is 2.14. The van der Waals surface area contributed by atoms with Crippen molar-refractivity contribution in [1.82, 2.24) is 5.01 Å². The van der Waals surface area contributed by atoms with Gasteiger partial charge in [0.25, 0.3) is 0 Å². The van der Waals surface area contributed by atoms with Gasteiger partial charge in [-0.15, -0.1) is 0 Å². The maximum absolute atomic E-state index is 13.5. The molecule has 0 saturated carbocycles. The van der Waals surface area contributed by atoms with Crippen LogP contribution >= 0.6 is 0 Å². The third-order valence-corrected chi connectivity index (χ3v) is 5.85. The van der Waals surface area contributed by atoms with Gasteiger partial charge in [-0.1, -0.05) is 30.3 Å². The number of methoxy groups -OCH3 is 3. The number of halogens is 1. The molecule has 2 heterocycles. The fourth-order valence-electron chi connectivity index (χ4n) is 4.31. The van der Waals surface area contributed by atoms with E-state index in [0.717, 1.165) is 28.2 Å². The summed E-state index contributed by atoms with van der Waals surface area (Å²) in [7, 11) is 4.74. The van der Waals surface area contributed by atoms with Gasteiger partial charge in [0.2, 0.25) is 12.0 Å². The van der Waals surface area contributed by atoms with E-state index in [4.69, 9.17) is 24.0 Å². The maximum Gasteiger partial charge on any atom is 0.214 e. The minimum Gasteiger partial charge on any atom is -0.493 e. The van der Waals surface area contributed by atoms with Gasteiger partial charge in [-0.3, -0.25) is 0 Å². The fraction of sp³-hybridized carbons (Fsp3) is 0.240. The molecule has 0 N–H and O–H groups in total. The smallest absolute Gasteiger partial charge is 0.214 e. The molecule has 0 amide bonds. The number of fused-ring (bicyclic) bond motifs is 3. The van der Waals surface area contributed by atoms with Crippen LogP contribution in [0, 0.1) is 5.82 Å². The Labute approximate surface area is 185 Å². The molecule has 0 aromatic heterocycles. The summed E-state index contributed by atoms with van der Waals surface area (Å²) in [5, 5.41) is 6.87. The third kappa shape index (κ3) is 3.30. The molecule has 2 atom stereocenters. The van der Waals surface area contributed by atoms with Crippen molar-refractivity contribution in [1.29, 1.82) is 0 Å². The second kappa shape index (κ2) is 8.07. The molecule has 32 heavy (non-hydrogen) atoms. The van der Waals surface area contributed by atoms with Crippen LogP contribution in [0.25, 0.3) is 0 Å². The first-order chi connectivity index (χ1) is 15.6. The lowest BCUT2D eigenvalue weighted by atomic mass is 9.96. The quantitative estimate of drug-likeness (QED) is 0.560. The Morgan fingerprint density at radius 1 is 0.938 bits per heavy atom. The number of para-hydroxylation sites is 1. The van der Waals surface area contributed by atoms with Crippen LogP contribution < -0.4 is 18.9 Å². The minimum atomic E-state index is -0.499. The van der Waals surface area contributed by atoms with E-state index in [0.29, 0.717) is 23.7 Å². The standard InChI is InChI=1S/C25H23FN2O4/c1-29-22-12-16(13-23(30-2)24(22)31-3)25-28-20(18-6-4-5-7-21(18)32-25)14-19(27-28)15-8-10-17(26)11-9-15/h4-13,20,25H,14H2,1-3H3/t20-,25-/m0/s1. The number of hydrogen-bond acceptors (Lipinski definition) is 6. The Kier molecular flexibility index (Phi) is 5.09. The first kappa shape index (κ1) is 20.2. The van der Waals surface area contributed by atoms with E-state index >= 15 is 0 Å². The average molecular weight is 434 g/mol. The number of hydrogen-bond donors (Lipinski definition) is 0. The highest BCUT2D eigenvalue weighted by molar-refractivity contribution is 6.01. The largest absolute Gasteiger partial charge is 0.493 e. The Bertz CT molecular complexity index is 1150. The maximum atomic E-state index is 13.5. The van der Waals surface area contributed by atoms with Crippen LogP contribution in [0.3, 0.4) is 0 Å². The summed E-state index contributed by atoms with van der Waals surface area (Å²) < 4.78 is 36.4. The first-order valence-corrected chi connectivity index (χ1v) is 10.3. The lowest BCUT2D eigenvalue weighted by Crippen LogP contribution is -2.33. The van der Waals surface area contributed by atoms with Gasteiger partial charge < -0.3 is 18.9 Å². The predicted molar refractivity (Wildman–Crippen MR) is 118 cm³/mol. The van der Waals surface area contributed by atoms with Gasteiger partial charge in [0.15, 0.2) is 11.5 Å². The van der Waals surface area contributed by atoms with E-state index in [2.05, 4.69) is 6.07 Å². The van der Waals surface area contributed by atoms with Crippen molar-refractivity contribution in [2.45, 2.75) is 18.7 Å². The number of hydrazone groups is 1. The van der Waals surface area contributed by atoms with Gasteiger partial charge >= 0.3 is 0 Å². The topological polar surface area (TPSA) is 52.5 Å². The van der Waals surface area contributed by atoms with Crippen molar-refractivity contribution >= 4 is 5.71 Å². The Hall–Kier alpha value is -3.74. The molecule has 6 nitrogen and oxygen atoms in total. The summed E-state index contributed by atoms with van der Waals surface area (Å²) in [6.45, 7) is 0. The molecule has 0 unspecified atom stereocenters. The third-order valence-electron chi connectivity index (χ3n) is 5.85. The predicted octanol–water partition coefficient (Wildman–Crippen LogP) is 5.09. The Morgan fingerprint density at radius 2 is 1.62 bits per heavy atom. The van der Waals surface area contributed by atoms with Crippen LogP contribution in [0.15, 0.2) is 65.8 Å². The second-order valence-electron chi connectivity index (χ2n) is 7.62. The molecule has 5 rings (SSSR count). The average Bonchev–Trinajstić information content (AvgIpc) is 3.28.